The van der Waals surface area contributed by atoms with Crippen LogP contribution in [0.5, 0.6) is 0 Å². The summed E-state index contributed by atoms with van der Waals surface area (Å²) >= 11 is 6.11. The number of esters is 1. The summed E-state index contributed by atoms with van der Waals surface area (Å²) in [6.07, 6.45) is -0.405. The lowest BCUT2D eigenvalue weighted by atomic mass is 10.1. The molecule has 2 aromatic carbocycles. The number of ether oxygens (including phenoxy) is 1. The molecule has 3 nitrogen and oxygen atoms in total. The van der Waals surface area contributed by atoms with E-state index < -0.39 is 12.1 Å². The Kier molecular flexibility index (Phi) is 3.67. The lowest BCUT2D eigenvalue weighted by Gasteiger charge is -2.14. The van der Waals surface area contributed by atoms with E-state index in [-0.39, 0.29) is 0 Å². The largest absolute Gasteiger partial charge is 0.453 e. The van der Waals surface area contributed by atoms with Crippen LogP contribution in [-0.4, -0.2) is 11.0 Å². The third-order valence-electron chi connectivity index (χ3n) is 3.38. The van der Waals surface area contributed by atoms with Gasteiger partial charge in [-0.05, 0) is 25.1 Å². The fraction of sp³-hybridized carbons (Fsp3) is 0.118. The number of rotatable bonds is 3. The van der Waals surface area contributed by atoms with E-state index in [1.165, 1.54) is 0 Å². The van der Waals surface area contributed by atoms with Gasteiger partial charge in [0.25, 0.3) is 0 Å². The number of hydrogen-bond acceptors (Lipinski definition) is 2. The molecule has 1 aromatic heterocycles. The number of fused-ring (bicyclic) bond motifs is 1. The predicted molar refractivity (Wildman–Crippen MR) is 83.6 cm³/mol. The summed E-state index contributed by atoms with van der Waals surface area (Å²) in [4.78, 5) is 15.3. The highest BCUT2D eigenvalue weighted by Gasteiger charge is 2.17. The van der Waals surface area contributed by atoms with Gasteiger partial charge in [0.2, 0.25) is 0 Å². The zero-order valence-corrected chi connectivity index (χ0v) is 12.2. The van der Waals surface area contributed by atoms with E-state index in [1.807, 2.05) is 49.4 Å². The monoisotopic (exact) mass is 299 g/mol. The summed E-state index contributed by atoms with van der Waals surface area (Å²) in [5.74, 6) is -0.390. The molecule has 0 saturated heterocycles. The molecule has 1 N–H and O–H groups in total. The van der Waals surface area contributed by atoms with Gasteiger partial charge in [0, 0.05) is 21.5 Å². The maximum Gasteiger partial charge on any atom is 0.355 e. The molecule has 3 rings (SSSR count). The van der Waals surface area contributed by atoms with Crippen LogP contribution in [0.1, 0.15) is 29.1 Å². The maximum absolute atomic E-state index is 12.2. The molecule has 0 saturated carbocycles. The maximum atomic E-state index is 12.2. The summed E-state index contributed by atoms with van der Waals surface area (Å²) in [6, 6.07) is 16.8. The van der Waals surface area contributed by atoms with Gasteiger partial charge in [-0.15, -0.1) is 0 Å². The Hall–Kier alpha value is -2.26. The average Bonchev–Trinajstić information content (AvgIpc) is 2.91. The third kappa shape index (κ3) is 2.78. The van der Waals surface area contributed by atoms with Crippen molar-refractivity contribution in [1.82, 2.24) is 4.98 Å². The summed E-state index contributed by atoms with van der Waals surface area (Å²) in [5.41, 5.74) is 2.15. The molecule has 0 amide bonds. The number of aromatic nitrogens is 1. The van der Waals surface area contributed by atoms with Crippen LogP contribution in [0.15, 0.2) is 54.6 Å². The zero-order valence-electron chi connectivity index (χ0n) is 11.5. The van der Waals surface area contributed by atoms with Gasteiger partial charge in [-0.1, -0.05) is 48.0 Å². The average molecular weight is 300 g/mol. The molecule has 0 spiro atoms. The van der Waals surface area contributed by atoms with Crippen LogP contribution in [0.3, 0.4) is 0 Å². The predicted octanol–water partition coefficient (Wildman–Crippen LogP) is 4.74. The highest BCUT2D eigenvalue weighted by atomic mass is 35.5. The van der Waals surface area contributed by atoms with Crippen LogP contribution in [0, 0.1) is 0 Å². The van der Waals surface area contributed by atoms with Gasteiger partial charge < -0.3 is 9.72 Å². The number of benzene rings is 2. The minimum Gasteiger partial charge on any atom is -0.453 e. The first-order valence-corrected chi connectivity index (χ1v) is 7.06. The Bertz CT molecular complexity index is 761. The number of aromatic amines is 1. The molecule has 0 bridgehead atoms. The molecule has 3 aromatic rings. The Morgan fingerprint density at radius 1 is 1.14 bits per heavy atom. The van der Waals surface area contributed by atoms with Gasteiger partial charge in [-0.3, -0.25) is 0 Å². The molecule has 21 heavy (non-hydrogen) atoms. The quantitative estimate of drug-likeness (QED) is 0.710. The van der Waals surface area contributed by atoms with Gasteiger partial charge in [-0.25, -0.2) is 4.79 Å². The number of carbonyl (C=O) groups is 1. The van der Waals surface area contributed by atoms with Gasteiger partial charge >= 0.3 is 5.97 Å². The van der Waals surface area contributed by atoms with Gasteiger partial charge in [0.05, 0.1) is 0 Å². The van der Waals surface area contributed by atoms with Gasteiger partial charge in [-0.2, -0.15) is 0 Å². The van der Waals surface area contributed by atoms with Crippen LogP contribution < -0.4 is 0 Å². The van der Waals surface area contributed by atoms with Crippen molar-refractivity contribution in [3.05, 3.63) is 70.9 Å². The Labute approximate surface area is 127 Å². The molecular weight excluding hydrogens is 286 g/mol. The lowest BCUT2D eigenvalue weighted by molar-refractivity contribution is 0.0332. The SMILES string of the molecule is C[C@@H](OC(=O)c1cc2ccccc2[nH]1)c1ccccc1Cl. The summed E-state index contributed by atoms with van der Waals surface area (Å²) in [6.45, 7) is 1.81. The fourth-order valence-corrected chi connectivity index (χ4v) is 2.57. The molecule has 0 aliphatic rings. The number of para-hydroxylation sites is 1. The molecule has 0 aliphatic heterocycles. The molecule has 1 heterocycles. The second-order valence-electron chi connectivity index (χ2n) is 4.84. The van der Waals surface area contributed by atoms with Gasteiger partial charge in [0.15, 0.2) is 0 Å². The first-order chi connectivity index (χ1) is 10.1. The number of halogens is 1. The Balaban J connectivity index is 1.81. The Morgan fingerprint density at radius 2 is 1.86 bits per heavy atom. The normalized spacial score (nSPS) is 12.3. The van der Waals surface area contributed by atoms with Crippen molar-refractivity contribution in [1.29, 1.82) is 0 Å². The molecule has 0 aliphatic carbocycles. The van der Waals surface area contributed by atoms with E-state index in [0.717, 1.165) is 16.5 Å². The van der Waals surface area contributed by atoms with Crippen molar-refractivity contribution in [3.63, 3.8) is 0 Å². The van der Waals surface area contributed by atoms with Gasteiger partial charge in [0.1, 0.15) is 11.8 Å². The highest BCUT2D eigenvalue weighted by Crippen LogP contribution is 2.26. The smallest absolute Gasteiger partial charge is 0.355 e. The molecule has 0 fully saturated rings. The first kappa shape index (κ1) is 13.7. The van der Waals surface area contributed by atoms with E-state index >= 15 is 0 Å². The minimum absolute atomic E-state index is 0.390. The topological polar surface area (TPSA) is 42.1 Å². The van der Waals surface area contributed by atoms with Crippen molar-refractivity contribution < 1.29 is 9.53 Å². The molecular formula is C17H14ClNO2. The molecule has 0 unspecified atom stereocenters. The fourth-order valence-electron chi connectivity index (χ4n) is 2.28. The van der Waals surface area contributed by atoms with E-state index in [1.54, 1.807) is 12.1 Å². The van der Waals surface area contributed by atoms with Crippen molar-refractivity contribution in [3.8, 4) is 0 Å². The zero-order chi connectivity index (χ0) is 14.8. The Morgan fingerprint density at radius 3 is 2.62 bits per heavy atom. The third-order valence-corrected chi connectivity index (χ3v) is 3.72. The standard InChI is InChI=1S/C17H14ClNO2/c1-11(13-7-3-4-8-14(13)18)21-17(20)16-10-12-6-2-5-9-15(12)19-16/h2-11,19H,1H3/t11-/m1/s1. The summed E-state index contributed by atoms with van der Waals surface area (Å²) in [7, 11) is 0. The minimum atomic E-state index is -0.405. The number of nitrogens with one attached hydrogen (secondary N) is 1. The van der Waals surface area contributed by atoms with Crippen LogP contribution in [0.2, 0.25) is 5.02 Å². The van der Waals surface area contributed by atoms with Crippen molar-refractivity contribution in [2.24, 2.45) is 0 Å². The van der Waals surface area contributed by atoms with Crippen molar-refractivity contribution in [2.75, 3.05) is 0 Å². The van der Waals surface area contributed by atoms with Crippen molar-refractivity contribution in [2.45, 2.75) is 13.0 Å². The van der Waals surface area contributed by atoms with Crippen LogP contribution in [0.4, 0.5) is 0 Å². The van der Waals surface area contributed by atoms with E-state index in [4.69, 9.17) is 16.3 Å². The van der Waals surface area contributed by atoms with Crippen LogP contribution in [0.25, 0.3) is 10.9 Å². The van der Waals surface area contributed by atoms with E-state index in [2.05, 4.69) is 4.98 Å². The molecule has 1 atom stereocenters. The molecule has 0 radical (unpaired) electrons. The number of carbonyl (C=O) groups excluding carboxylic acids is 1. The molecule has 4 heteroatoms. The second kappa shape index (κ2) is 5.62. The summed E-state index contributed by atoms with van der Waals surface area (Å²) < 4.78 is 5.48. The number of H-pyrrole nitrogens is 1. The van der Waals surface area contributed by atoms with E-state index in [0.29, 0.717) is 10.7 Å². The van der Waals surface area contributed by atoms with E-state index in [9.17, 15) is 4.79 Å². The number of hydrogen-bond donors (Lipinski definition) is 1. The second-order valence-corrected chi connectivity index (χ2v) is 5.25. The lowest BCUT2D eigenvalue weighted by Crippen LogP contribution is -2.09. The highest BCUT2D eigenvalue weighted by molar-refractivity contribution is 6.31. The first-order valence-electron chi connectivity index (χ1n) is 6.68. The summed E-state index contributed by atoms with van der Waals surface area (Å²) in [5, 5.41) is 1.57. The van der Waals surface area contributed by atoms with Crippen LogP contribution >= 0.6 is 11.6 Å². The van der Waals surface area contributed by atoms with Crippen molar-refractivity contribution >= 4 is 28.5 Å². The molecule has 106 valence electrons. The van der Waals surface area contributed by atoms with Crippen LogP contribution in [-0.2, 0) is 4.74 Å².